The molecule has 1 aromatic heterocycles. The second-order valence-corrected chi connectivity index (χ2v) is 9.45. The van der Waals surface area contributed by atoms with Crippen molar-refractivity contribution in [2.45, 2.75) is 11.8 Å². The first kappa shape index (κ1) is 21.2. The molecule has 3 aromatic rings. The molecule has 4 rings (SSSR count). The monoisotopic (exact) mass is 440 g/mol. The van der Waals surface area contributed by atoms with Crippen LogP contribution in [-0.2, 0) is 10.0 Å². The number of sulfonamides is 1. The third-order valence-corrected chi connectivity index (χ3v) is 7.26. The molecule has 8 nitrogen and oxygen atoms in total. The van der Waals surface area contributed by atoms with E-state index in [-0.39, 0.29) is 10.8 Å². The number of hydrogen-bond acceptors (Lipinski definition) is 6. The van der Waals surface area contributed by atoms with Crippen molar-refractivity contribution in [1.29, 1.82) is 0 Å². The van der Waals surface area contributed by atoms with Crippen LogP contribution in [0.4, 0.5) is 5.69 Å². The van der Waals surface area contributed by atoms with Crippen molar-refractivity contribution >= 4 is 21.6 Å². The minimum atomic E-state index is -3.55. The molecule has 1 aliphatic rings. The van der Waals surface area contributed by atoms with Gasteiger partial charge in [-0.05, 0) is 38.2 Å². The Balaban J connectivity index is 1.51. The third kappa shape index (κ3) is 4.39. The van der Waals surface area contributed by atoms with Gasteiger partial charge >= 0.3 is 0 Å². The SMILES string of the molecule is Cc1onc(-c2ccccc2)c1C(=O)Nc1ccc(S(=O)(=O)N2CCN(C)CC2)cc1. The lowest BCUT2D eigenvalue weighted by Crippen LogP contribution is -2.46. The Labute approximate surface area is 181 Å². The summed E-state index contributed by atoms with van der Waals surface area (Å²) in [6, 6.07) is 15.5. The lowest BCUT2D eigenvalue weighted by Gasteiger charge is -2.31. The molecule has 1 N–H and O–H groups in total. The minimum absolute atomic E-state index is 0.209. The topological polar surface area (TPSA) is 95.8 Å². The molecular weight excluding hydrogens is 416 g/mol. The molecule has 1 amide bonds. The van der Waals surface area contributed by atoms with E-state index in [2.05, 4.69) is 15.4 Å². The number of amides is 1. The van der Waals surface area contributed by atoms with Gasteiger partial charge in [-0.1, -0.05) is 35.5 Å². The van der Waals surface area contributed by atoms with Crippen LogP contribution in [0.5, 0.6) is 0 Å². The predicted molar refractivity (Wildman–Crippen MR) is 117 cm³/mol. The highest BCUT2D eigenvalue weighted by molar-refractivity contribution is 7.89. The van der Waals surface area contributed by atoms with E-state index in [0.717, 1.165) is 5.56 Å². The Kier molecular flexibility index (Phi) is 5.90. The van der Waals surface area contributed by atoms with Crippen LogP contribution < -0.4 is 5.32 Å². The molecule has 1 saturated heterocycles. The lowest BCUT2D eigenvalue weighted by atomic mass is 10.1. The van der Waals surface area contributed by atoms with Gasteiger partial charge in [0, 0.05) is 37.4 Å². The largest absolute Gasteiger partial charge is 0.360 e. The third-order valence-electron chi connectivity index (χ3n) is 5.35. The Morgan fingerprint density at radius 3 is 2.29 bits per heavy atom. The van der Waals surface area contributed by atoms with Crippen molar-refractivity contribution in [3.05, 3.63) is 65.9 Å². The first-order valence-electron chi connectivity index (χ1n) is 9.98. The van der Waals surface area contributed by atoms with E-state index in [9.17, 15) is 13.2 Å². The first-order chi connectivity index (χ1) is 14.9. The lowest BCUT2D eigenvalue weighted by molar-refractivity contribution is 0.102. The number of aryl methyl sites for hydroxylation is 1. The molecule has 0 spiro atoms. The molecule has 1 fully saturated rings. The van der Waals surface area contributed by atoms with E-state index in [4.69, 9.17) is 4.52 Å². The predicted octanol–water partition coefficient (Wildman–Crippen LogP) is 2.84. The maximum Gasteiger partial charge on any atom is 0.261 e. The molecular formula is C22H24N4O4S. The highest BCUT2D eigenvalue weighted by Gasteiger charge is 2.27. The van der Waals surface area contributed by atoms with Gasteiger partial charge in [-0.25, -0.2) is 8.42 Å². The van der Waals surface area contributed by atoms with Crippen LogP contribution in [0, 0.1) is 6.92 Å². The second-order valence-electron chi connectivity index (χ2n) is 7.51. The van der Waals surface area contributed by atoms with Crippen LogP contribution in [0.3, 0.4) is 0 Å². The fourth-order valence-electron chi connectivity index (χ4n) is 3.51. The molecule has 9 heteroatoms. The zero-order chi connectivity index (χ0) is 22.0. The van der Waals surface area contributed by atoms with Crippen molar-refractivity contribution in [3.8, 4) is 11.3 Å². The Morgan fingerprint density at radius 1 is 1.00 bits per heavy atom. The Morgan fingerprint density at radius 2 is 1.65 bits per heavy atom. The van der Waals surface area contributed by atoms with Gasteiger partial charge in [-0.15, -0.1) is 0 Å². The van der Waals surface area contributed by atoms with Gasteiger partial charge in [0.2, 0.25) is 10.0 Å². The van der Waals surface area contributed by atoms with Gasteiger partial charge in [-0.3, -0.25) is 4.79 Å². The number of likely N-dealkylation sites (N-methyl/N-ethyl adjacent to an activating group) is 1. The zero-order valence-electron chi connectivity index (χ0n) is 17.4. The fraction of sp³-hybridized carbons (Fsp3) is 0.273. The molecule has 0 bridgehead atoms. The maximum atomic E-state index is 12.9. The van der Waals surface area contributed by atoms with Gasteiger partial charge in [0.05, 0.1) is 4.90 Å². The van der Waals surface area contributed by atoms with Crippen molar-refractivity contribution in [2.24, 2.45) is 0 Å². The Hall–Kier alpha value is -3.01. The van der Waals surface area contributed by atoms with Crippen LogP contribution in [0.25, 0.3) is 11.3 Å². The average Bonchev–Trinajstić information content (AvgIpc) is 3.16. The summed E-state index contributed by atoms with van der Waals surface area (Å²) in [6.45, 7) is 4.02. The van der Waals surface area contributed by atoms with Crippen LogP contribution in [-0.4, -0.2) is 61.9 Å². The van der Waals surface area contributed by atoms with Crippen molar-refractivity contribution < 1.29 is 17.7 Å². The number of aromatic nitrogens is 1. The van der Waals surface area contributed by atoms with E-state index in [1.165, 1.54) is 16.4 Å². The summed E-state index contributed by atoms with van der Waals surface area (Å²) in [5, 5.41) is 6.83. The van der Waals surface area contributed by atoms with Gasteiger partial charge in [-0.2, -0.15) is 4.31 Å². The zero-order valence-corrected chi connectivity index (χ0v) is 18.2. The van der Waals surface area contributed by atoms with Crippen molar-refractivity contribution in [3.63, 3.8) is 0 Å². The molecule has 0 saturated carbocycles. The quantitative estimate of drug-likeness (QED) is 0.656. The molecule has 0 unspecified atom stereocenters. The average molecular weight is 441 g/mol. The summed E-state index contributed by atoms with van der Waals surface area (Å²) in [5.74, 6) is 0.0397. The second kappa shape index (κ2) is 8.62. The highest BCUT2D eigenvalue weighted by atomic mass is 32.2. The summed E-state index contributed by atoms with van der Waals surface area (Å²) >= 11 is 0. The van der Waals surface area contributed by atoms with Crippen LogP contribution >= 0.6 is 0 Å². The summed E-state index contributed by atoms with van der Waals surface area (Å²) in [6.07, 6.45) is 0. The molecule has 2 aromatic carbocycles. The molecule has 0 aliphatic carbocycles. The summed E-state index contributed by atoms with van der Waals surface area (Å²) in [7, 11) is -1.58. The number of nitrogens with zero attached hydrogens (tertiary/aromatic N) is 3. The number of rotatable bonds is 5. The van der Waals surface area contributed by atoms with Crippen molar-refractivity contribution in [1.82, 2.24) is 14.4 Å². The number of carbonyl (C=O) groups is 1. The molecule has 0 atom stereocenters. The van der Waals surface area contributed by atoms with Gasteiger partial charge in [0.15, 0.2) is 0 Å². The smallest absolute Gasteiger partial charge is 0.261 e. The highest BCUT2D eigenvalue weighted by Crippen LogP contribution is 2.26. The number of benzene rings is 2. The molecule has 2 heterocycles. The number of piperazine rings is 1. The summed E-state index contributed by atoms with van der Waals surface area (Å²) in [4.78, 5) is 15.2. The van der Waals surface area contributed by atoms with E-state index >= 15 is 0 Å². The van der Waals surface area contributed by atoms with E-state index in [1.54, 1.807) is 19.1 Å². The molecule has 0 radical (unpaired) electrons. The molecule has 1 aliphatic heterocycles. The first-order valence-corrected chi connectivity index (χ1v) is 11.4. The number of nitrogens with one attached hydrogen (secondary N) is 1. The number of anilines is 1. The Bertz CT molecular complexity index is 1170. The standard InChI is InChI=1S/C22H24N4O4S/c1-16-20(21(24-30-16)17-6-4-3-5-7-17)22(27)23-18-8-10-19(11-9-18)31(28,29)26-14-12-25(2)13-15-26/h3-11H,12-15H2,1-2H3,(H,23,27). The van der Waals surface area contributed by atoms with E-state index in [1.807, 2.05) is 37.4 Å². The molecule has 162 valence electrons. The van der Waals surface area contributed by atoms with Gasteiger partial charge in [0.25, 0.3) is 5.91 Å². The fourth-order valence-corrected chi connectivity index (χ4v) is 4.94. The van der Waals surface area contributed by atoms with Crippen molar-refractivity contribution in [2.75, 3.05) is 38.5 Å². The van der Waals surface area contributed by atoms with Crippen LogP contribution in [0.15, 0.2) is 64.0 Å². The number of hydrogen-bond donors (Lipinski definition) is 1. The van der Waals surface area contributed by atoms with Gasteiger partial charge in [0.1, 0.15) is 17.0 Å². The maximum absolute atomic E-state index is 12.9. The van der Waals surface area contributed by atoms with E-state index in [0.29, 0.717) is 48.9 Å². The van der Waals surface area contributed by atoms with Crippen LogP contribution in [0.2, 0.25) is 0 Å². The van der Waals surface area contributed by atoms with Gasteiger partial charge < -0.3 is 14.7 Å². The normalized spacial score (nSPS) is 15.7. The summed E-state index contributed by atoms with van der Waals surface area (Å²) < 4.78 is 32.5. The van der Waals surface area contributed by atoms with Crippen LogP contribution in [0.1, 0.15) is 16.1 Å². The minimum Gasteiger partial charge on any atom is -0.360 e. The van der Waals surface area contributed by atoms with E-state index < -0.39 is 10.0 Å². The molecule has 31 heavy (non-hydrogen) atoms. The summed E-state index contributed by atoms with van der Waals surface area (Å²) in [5.41, 5.74) is 2.07. The number of carbonyl (C=O) groups excluding carboxylic acids is 1.